The van der Waals surface area contributed by atoms with E-state index in [1.807, 2.05) is 38.4 Å². The highest BCUT2D eigenvalue weighted by Crippen LogP contribution is 2.17. The van der Waals surface area contributed by atoms with E-state index in [0.29, 0.717) is 0 Å². The monoisotopic (exact) mass is 260 g/mol. The van der Waals surface area contributed by atoms with Crippen LogP contribution in [0.1, 0.15) is 5.56 Å². The van der Waals surface area contributed by atoms with Gasteiger partial charge >= 0.3 is 0 Å². The molecule has 3 heteroatoms. The van der Waals surface area contributed by atoms with Crippen LogP contribution in [0.3, 0.4) is 0 Å². The van der Waals surface area contributed by atoms with Crippen LogP contribution in [0.2, 0.25) is 5.02 Å². The van der Waals surface area contributed by atoms with Crippen LogP contribution in [0.5, 0.6) is 0 Å². The van der Waals surface area contributed by atoms with Gasteiger partial charge in [0.1, 0.15) is 0 Å². The predicted octanol–water partition coefficient (Wildman–Crippen LogP) is 4.02. The first-order valence-electron chi connectivity index (χ1n) is 5.91. The standard InChI is InChI=1S/C15H17ClN2/c1-18(2)15-8-6-12(7-9-15)11-17-14-5-3-4-13(16)10-14/h3-10,17H,11H2,1-2H3. The summed E-state index contributed by atoms with van der Waals surface area (Å²) in [6.07, 6.45) is 0. The highest BCUT2D eigenvalue weighted by Gasteiger charge is 1.97. The molecule has 0 spiro atoms. The Bertz CT molecular complexity index is 506. The van der Waals surface area contributed by atoms with Crippen molar-refractivity contribution in [2.45, 2.75) is 6.54 Å². The van der Waals surface area contributed by atoms with Crippen molar-refractivity contribution in [2.24, 2.45) is 0 Å². The number of rotatable bonds is 4. The topological polar surface area (TPSA) is 15.3 Å². The molecule has 0 heterocycles. The summed E-state index contributed by atoms with van der Waals surface area (Å²) in [7, 11) is 4.08. The number of nitrogens with one attached hydrogen (secondary N) is 1. The van der Waals surface area contributed by atoms with Crippen molar-refractivity contribution in [3.8, 4) is 0 Å². The van der Waals surface area contributed by atoms with E-state index in [-0.39, 0.29) is 0 Å². The van der Waals surface area contributed by atoms with Gasteiger partial charge in [-0.3, -0.25) is 0 Å². The molecule has 94 valence electrons. The molecule has 0 bridgehead atoms. The summed E-state index contributed by atoms with van der Waals surface area (Å²) >= 11 is 5.94. The average molecular weight is 261 g/mol. The molecule has 0 radical (unpaired) electrons. The van der Waals surface area contributed by atoms with Gasteiger partial charge in [-0.25, -0.2) is 0 Å². The Kier molecular flexibility index (Phi) is 4.11. The van der Waals surface area contributed by atoms with Crippen LogP contribution >= 0.6 is 11.6 Å². The Balaban J connectivity index is 1.98. The third-order valence-corrected chi connectivity index (χ3v) is 3.01. The first kappa shape index (κ1) is 12.8. The van der Waals surface area contributed by atoms with Gasteiger partial charge in [0.25, 0.3) is 0 Å². The van der Waals surface area contributed by atoms with Gasteiger partial charge < -0.3 is 10.2 Å². The van der Waals surface area contributed by atoms with E-state index in [0.717, 1.165) is 17.3 Å². The fraction of sp³-hybridized carbons (Fsp3) is 0.200. The summed E-state index contributed by atoms with van der Waals surface area (Å²) in [5, 5.41) is 4.11. The summed E-state index contributed by atoms with van der Waals surface area (Å²) in [6.45, 7) is 0.800. The van der Waals surface area contributed by atoms with Crippen LogP contribution < -0.4 is 10.2 Å². The molecule has 0 amide bonds. The third kappa shape index (κ3) is 3.41. The molecule has 2 nitrogen and oxygen atoms in total. The molecule has 0 aliphatic rings. The average Bonchev–Trinajstić information content (AvgIpc) is 2.37. The van der Waals surface area contributed by atoms with Crippen molar-refractivity contribution in [2.75, 3.05) is 24.3 Å². The van der Waals surface area contributed by atoms with Gasteiger partial charge in [0.2, 0.25) is 0 Å². The lowest BCUT2D eigenvalue weighted by Crippen LogP contribution is -2.08. The zero-order valence-corrected chi connectivity index (χ0v) is 11.4. The summed E-state index contributed by atoms with van der Waals surface area (Å²) < 4.78 is 0. The van der Waals surface area contributed by atoms with Crippen molar-refractivity contribution < 1.29 is 0 Å². The molecule has 2 aromatic carbocycles. The Morgan fingerprint density at radius 2 is 1.78 bits per heavy atom. The van der Waals surface area contributed by atoms with Gasteiger partial charge in [0.15, 0.2) is 0 Å². The van der Waals surface area contributed by atoms with Gasteiger partial charge in [-0.05, 0) is 35.9 Å². The van der Waals surface area contributed by atoms with Gasteiger partial charge in [-0.2, -0.15) is 0 Å². The van der Waals surface area contributed by atoms with Crippen LogP contribution in [0, 0.1) is 0 Å². The molecule has 0 saturated heterocycles. The summed E-state index contributed by atoms with van der Waals surface area (Å²) in [5.41, 5.74) is 3.50. The van der Waals surface area contributed by atoms with E-state index in [4.69, 9.17) is 11.6 Å². The van der Waals surface area contributed by atoms with E-state index in [9.17, 15) is 0 Å². The van der Waals surface area contributed by atoms with Crippen LogP contribution in [-0.4, -0.2) is 14.1 Å². The van der Waals surface area contributed by atoms with Gasteiger partial charge in [-0.1, -0.05) is 29.8 Å². The second-order valence-electron chi connectivity index (χ2n) is 4.42. The number of halogens is 1. The minimum atomic E-state index is 0.753. The number of hydrogen-bond acceptors (Lipinski definition) is 2. The number of benzene rings is 2. The number of hydrogen-bond donors (Lipinski definition) is 1. The lowest BCUT2D eigenvalue weighted by atomic mass is 10.2. The SMILES string of the molecule is CN(C)c1ccc(CNc2cccc(Cl)c2)cc1. The van der Waals surface area contributed by atoms with Crippen LogP contribution in [0.4, 0.5) is 11.4 Å². The smallest absolute Gasteiger partial charge is 0.0426 e. The van der Waals surface area contributed by atoms with E-state index in [2.05, 4.69) is 34.5 Å². The molecular weight excluding hydrogens is 244 g/mol. The van der Waals surface area contributed by atoms with Crippen LogP contribution in [0.25, 0.3) is 0 Å². The molecule has 0 unspecified atom stereocenters. The fourth-order valence-corrected chi connectivity index (χ4v) is 1.90. The van der Waals surface area contributed by atoms with Gasteiger partial charge in [-0.15, -0.1) is 0 Å². The highest BCUT2D eigenvalue weighted by molar-refractivity contribution is 6.30. The zero-order chi connectivity index (χ0) is 13.0. The molecular formula is C15H17ClN2. The molecule has 18 heavy (non-hydrogen) atoms. The lowest BCUT2D eigenvalue weighted by Gasteiger charge is -2.13. The first-order valence-corrected chi connectivity index (χ1v) is 6.28. The van der Waals surface area contributed by atoms with Gasteiger partial charge in [0, 0.05) is 37.0 Å². The van der Waals surface area contributed by atoms with Crippen molar-refractivity contribution in [3.63, 3.8) is 0 Å². The van der Waals surface area contributed by atoms with E-state index >= 15 is 0 Å². The quantitative estimate of drug-likeness (QED) is 0.893. The lowest BCUT2D eigenvalue weighted by molar-refractivity contribution is 1.11. The second kappa shape index (κ2) is 5.78. The predicted molar refractivity (Wildman–Crippen MR) is 79.5 cm³/mol. The number of anilines is 2. The van der Waals surface area contributed by atoms with Crippen LogP contribution in [0.15, 0.2) is 48.5 Å². The normalized spacial score (nSPS) is 10.2. The van der Waals surface area contributed by atoms with E-state index in [1.54, 1.807) is 0 Å². The molecule has 2 aromatic rings. The van der Waals surface area contributed by atoms with Gasteiger partial charge in [0.05, 0.1) is 0 Å². The minimum Gasteiger partial charge on any atom is -0.381 e. The van der Waals surface area contributed by atoms with Crippen molar-refractivity contribution in [1.29, 1.82) is 0 Å². The summed E-state index contributed by atoms with van der Waals surface area (Å²) in [5.74, 6) is 0. The van der Waals surface area contributed by atoms with E-state index < -0.39 is 0 Å². The molecule has 0 fully saturated rings. The first-order chi connectivity index (χ1) is 8.65. The third-order valence-electron chi connectivity index (χ3n) is 2.77. The summed E-state index contributed by atoms with van der Waals surface area (Å²) in [6, 6.07) is 16.3. The van der Waals surface area contributed by atoms with Crippen molar-refractivity contribution in [3.05, 3.63) is 59.1 Å². The Labute approximate surface area is 113 Å². The summed E-state index contributed by atoms with van der Waals surface area (Å²) in [4.78, 5) is 2.09. The van der Waals surface area contributed by atoms with Crippen molar-refractivity contribution in [1.82, 2.24) is 0 Å². The minimum absolute atomic E-state index is 0.753. The molecule has 0 aromatic heterocycles. The maximum atomic E-state index is 5.94. The number of nitrogens with zero attached hydrogens (tertiary/aromatic N) is 1. The molecule has 0 aliphatic carbocycles. The molecule has 2 rings (SSSR count). The van der Waals surface area contributed by atoms with E-state index in [1.165, 1.54) is 11.3 Å². The highest BCUT2D eigenvalue weighted by atomic mass is 35.5. The molecule has 0 aliphatic heterocycles. The Morgan fingerprint density at radius 1 is 1.06 bits per heavy atom. The largest absolute Gasteiger partial charge is 0.381 e. The molecule has 0 saturated carbocycles. The van der Waals surface area contributed by atoms with Crippen molar-refractivity contribution >= 4 is 23.0 Å². The van der Waals surface area contributed by atoms with Crippen LogP contribution in [-0.2, 0) is 6.54 Å². The molecule has 1 N–H and O–H groups in total. The fourth-order valence-electron chi connectivity index (χ4n) is 1.71. The maximum absolute atomic E-state index is 5.94. The maximum Gasteiger partial charge on any atom is 0.0426 e. The molecule has 0 atom stereocenters. The Hall–Kier alpha value is -1.67. The second-order valence-corrected chi connectivity index (χ2v) is 4.86. The Morgan fingerprint density at radius 3 is 2.39 bits per heavy atom. The zero-order valence-electron chi connectivity index (χ0n) is 10.7.